The van der Waals surface area contributed by atoms with Crippen LogP contribution in [0.2, 0.25) is 0 Å². The molecule has 266 valence electrons. The molecule has 4 bridgehead atoms. The first-order valence-electron chi connectivity index (χ1n) is 18.3. The lowest BCUT2D eigenvalue weighted by molar-refractivity contribution is -0.124. The number of likely N-dealkylation sites (tertiary alicyclic amines) is 1. The standard InChI is InChI=1S/C39H46N8O4/c1-2-33(48)44-31-20-25(8-9-32(31)51-30-6-4-3-5-7-30)36-35-37(40)42-24-43-38(35)47(45-36)29-10-13-46(14-11-29)15-17-50-16-12-41-34(49)23-39-21-26-18-28(39)19-27(26)22-39/h2-9,20,24,26-29H,1,10-19,21-23H2,(H,41,49)(H,44,48)(H2,40,42,43). The number of para-hydroxylation sites is 1. The van der Waals surface area contributed by atoms with Gasteiger partial charge in [-0.1, -0.05) is 24.8 Å². The van der Waals surface area contributed by atoms with Crippen LogP contribution in [0.1, 0.15) is 51.0 Å². The molecular formula is C39H46N8O4. The molecule has 0 radical (unpaired) electrons. The van der Waals surface area contributed by atoms with Crippen LogP contribution in [0.4, 0.5) is 11.5 Å². The van der Waals surface area contributed by atoms with Gasteiger partial charge in [0.15, 0.2) is 11.4 Å². The largest absolute Gasteiger partial charge is 0.455 e. The summed E-state index contributed by atoms with van der Waals surface area (Å²) >= 11 is 0. The Bertz CT molecular complexity index is 1910. The van der Waals surface area contributed by atoms with Crippen molar-refractivity contribution in [1.29, 1.82) is 0 Å². The molecule has 1 aliphatic heterocycles. The minimum Gasteiger partial charge on any atom is -0.455 e. The number of anilines is 2. The highest BCUT2D eigenvalue weighted by atomic mass is 16.5. The maximum Gasteiger partial charge on any atom is 0.247 e. The van der Waals surface area contributed by atoms with Crippen LogP contribution in [-0.4, -0.2) is 75.9 Å². The maximum atomic E-state index is 12.7. The quantitative estimate of drug-likeness (QED) is 0.114. The molecule has 0 spiro atoms. The molecule has 2 amide bonds. The Balaban J connectivity index is 0.872. The fourth-order valence-corrected chi connectivity index (χ4v) is 9.41. The molecule has 2 aromatic heterocycles. The van der Waals surface area contributed by atoms with Gasteiger partial charge in [0.25, 0.3) is 0 Å². The molecule has 12 nitrogen and oxygen atoms in total. The maximum absolute atomic E-state index is 12.7. The van der Waals surface area contributed by atoms with Gasteiger partial charge in [-0.15, -0.1) is 0 Å². The summed E-state index contributed by atoms with van der Waals surface area (Å²) in [6, 6.07) is 15.0. The summed E-state index contributed by atoms with van der Waals surface area (Å²) in [5, 5.41) is 11.7. The van der Waals surface area contributed by atoms with Gasteiger partial charge in [-0.05, 0) is 98.1 Å². The first kappa shape index (κ1) is 33.3. The molecule has 4 N–H and O–H groups in total. The predicted octanol–water partition coefficient (Wildman–Crippen LogP) is 5.59. The van der Waals surface area contributed by atoms with E-state index in [4.69, 9.17) is 20.3 Å². The number of hydrogen-bond donors (Lipinski definition) is 3. The van der Waals surface area contributed by atoms with Crippen molar-refractivity contribution >= 4 is 34.4 Å². The second-order valence-electron chi connectivity index (χ2n) is 14.7. The second-order valence-corrected chi connectivity index (χ2v) is 14.7. The highest BCUT2D eigenvalue weighted by molar-refractivity contribution is 6.02. The van der Waals surface area contributed by atoms with E-state index >= 15 is 0 Å². The monoisotopic (exact) mass is 690 g/mol. The first-order chi connectivity index (χ1) is 24.9. The molecule has 9 rings (SSSR count). The van der Waals surface area contributed by atoms with Gasteiger partial charge in [0.05, 0.1) is 30.3 Å². The number of carbonyl (C=O) groups excluding carboxylic acids is 2. The second kappa shape index (κ2) is 14.1. The first-order valence-corrected chi connectivity index (χ1v) is 18.3. The molecule has 4 aliphatic carbocycles. The van der Waals surface area contributed by atoms with Crippen LogP contribution >= 0.6 is 0 Å². The Hall–Kier alpha value is -4.81. The van der Waals surface area contributed by atoms with E-state index in [0.29, 0.717) is 71.3 Å². The summed E-state index contributed by atoms with van der Waals surface area (Å²) in [4.78, 5) is 36.4. The average Bonchev–Trinajstić information content (AvgIpc) is 3.95. The molecule has 2 aromatic carbocycles. The van der Waals surface area contributed by atoms with Crippen LogP contribution in [0.15, 0.2) is 67.5 Å². The zero-order valence-corrected chi connectivity index (χ0v) is 28.9. The Labute approximate surface area is 297 Å². The number of nitrogens with zero attached hydrogens (tertiary/aromatic N) is 5. The number of fused-ring (bicyclic) bond motifs is 1. The van der Waals surface area contributed by atoms with Crippen molar-refractivity contribution in [2.45, 2.75) is 51.0 Å². The Morgan fingerprint density at radius 2 is 1.82 bits per heavy atom. The van der Waals surface area contributed by atoms with E-state index in [1.165, 1.54) is 38.1 Å². The third kappa shape index (κ3) is 6.70. The van der Waals surface area contributed by atoms with Crippen LogP contribution in [0.3, 0.4) is 0 Å². The molecule has 2 unspecified atom stereocenters. The predicted molar refractivity (Wildman–Crippen MR) is 195 cm³/mol. The van der Waals surface area contributed by atoms with E-state index in [-0.39, 0.29) is 17.9 Å². The highest BCUT2D eigenvalue weighted by Gasteiger charge is 2.63. The molecule has 5 fully saturated rings. The van der Waals surface area contributed by atoms with Crippen LogP contribution < -0.4 is 21.1 Å². The minimum atomic E-state index is -0.357. The van der Waals surface area contributed by atoms with Gasteiger partial charge in [0, 0.05) is 38.2 Å². The Morgan fingerprint density at radius 3 is 2.55 bits per heavy atom. The van der Waals surface area contributed by atoms with E-state index in [2.05, 4.69) is 32.1 Å². The molecule has 1 saturated heterocycles. The lowest BCUT2D eigenvalue weighted by Gasteiger charge is -2.32. The fourth-order valence-electron chi connectivity index (χ4n) is 9.41. The molecule has 12 heteroatoms. The van der Waals surface area contributed by atoms with E-state index in [1.54, 1.807) is 0 Å². The number of nitrogen functional groups attached to an aromatic ring is 1. The molecule has 51 heavy (non-hydrogen) atoms. The van der Waals surface area contributed by atoms with Crippen molar-refractivity contribution in [3.05, 3.63) is 67.5 Å². The number of amides is 2. The molecule has 4 aromatic rings. The zero-order chi connectivity index (χ0) is 35.0. The Kier molecular flexibility index (Phi) is 9.20. The minimum absolute atomic E-state index is 0.129. The van der Waals surface area contributed by atoms with E-state index in [1.807, 2.05) is 53.2 Å². The lowest BCUT2D eigenvalue weighted by Crippen LogP contribution is -2.37. The summed E-state index contributed by atoms with van der Waals surface area (Å²) in [6.07, 6.45) is 10.5. The topological polar surface area (TPSA) is 150 Å². The summed E-state index contributed by atoms with van der Waals surface area (Å²) < 4.78 is 14.0. The van der Waals surface area contributed by atoms with Gasteiger partial charge in [-0.2, -0.15) is 5.10 Å². The van der Waals surface area contributed by atoms with Crippen LogP contribution in [-0.2, 0) is 14.3 Å². The average molecular weight is 691 g/mol. The summed E-state index contributed by atoms with van der Waals surface area (Å²) in [7, 11) is 0. The number of rotatable bonds is 14. The summed E-state index contributed by atoms with van der Waals surface area (Å²) in [5.74, 6) is 3.91. The van der Waals surface area contributed by atoms with Crippen molar-refractivity contribution in [3.63, 3.8) is 0 Å². The molecule has 4 saturated carbocycles. The third-order valence-corrected chi connectivity index (χ3v) is 11.8. The van der Waals surface area contributed by atoms with E-state index in [0.717, 1.165) is 55.8 Å². The SMILES string of the molecule is C=CC(=O)Nc1cc(-c2nn(C3CCN(CCOCCNC(=O)CC45CC6CC4CC6C5)CC3)c3ncnc(N)c23)ccc1Oc1ccccc1. The zero-order valence-electron chi connectivity index (χ0n) is 28.9. The van der Waals surface area contributed by atoms with Gasteiger partial charge in [0.2, 0.25) is 11.8 Å². The smallest absolute Gasteiger partial charge is 0.247 e. The van der Waals surface area contributed by atoms with E-state index < -0.39 is 0 Å². The van der Waals surface area contributed by atoms with E-state index in [9.17, 15) is 9.59 Å². The van der Waals surface area contributed by atoms with Crippen molar-refractivity contribution in [2.75, 3.05) is 50.4 Å². The van der Waals surface area contributed by atoms with Gasteiger partial charge in [-0.25, -0.2) is 14.6 Å². The van der Waals surface area contributed by atoms with Gasteiger partial charge >= 0.3 is 0 Å². The number of carbonyl (C=O) groups is 2. The number of benzene rings is 2. The van der Waals surface area contributed by atoms with Gasteiger partial charge in [-0.3, -0.25) is 9.59 Å². The number of hydrogen-bond acceptors (Lipinski definition) is 9. The van der Waals surface area contributed by atoms with Crippen LogP contribution in [0.5, 0.6) is 11.5 Å². The molecular weight excluding hydrogens is 644 g/mol. The number of ether oxygens (including phenoxy) is 2. The number of aromatic nitrogens is 4. The van der Waals surface area contributed by atoms with Crippen molar-refractivity contribution in [3.8, 4) is 22.8 Å². The Morgan fingerprint density at radius 1 is 1.04 bits per heavy atom. The summed E-state index contributed by atoms with van der Waals surface area (Å²) in [5.41, 5.74) is 9.29. The van der Waals surface area contributed by atoms with Crippen molar-refractivity contribution in [1.82, 2.24) is 30.0 Å². The van der Waals surface area contributed by atoms with Crippen molar-refractivity contribution in [2.24, 2.45) is 23.2 Å². The number of piperidine rings is 1. The van der Waals surface area contributed by atoms with Gasteiger partial charge < -0.3 is 30.7 Å². The number of nitrogens with one attached hydrogen (secondary N) is 2. The van der Waals surface area contributed by atoms with Crippen LogP contribution in [0, 0.1) is 23.2 Å². The van der Waals surface area contributed by atoms with Crippen LogP contribution in [0.25, 0.3) is 22.3 Å². The summed E-state index contributed by atoms with van der Waals surface area (Å²) in [6.45, 7) is 7.96. The molecule has 5 aliphatic rings. The lowest BCUT2D eigenvalue weighted by atomic mass is 9.78. The molecule has 3 heterocycles. The highest BCUT2D eigenvalue weighted by Crippen LogP contribution is 2.71. The van der Waals surface area contributed by atoms with Crippen molar-refractivity contribution < 1.29 is 19.1 Å². The number of nitrogens with two attached hydrogens (primary N) is 1. The normalized spacial score (nSPS) is 24.0. The molecule has 2 atom stereocenters. The third-order valence-electron chi connectivity index (χ3n) is 11.8. The fraction of sp³-hybridized carbons (Fsp3) is 0.462. The van der Waals surface area contributed by atoms with Gasteiger partial charge in [0.1, 0.15) is 23.6 Å².